The van der Waals surface area contributed by atoms with Crippen LogP contribution in [0.4, 0.5) is 5.69 Å². The minimum absolute atomic E-state index is 0.124. The maximum atomic E-state index is 12.3. The molecule has 0 saturated heterocycles. The van der Waals surface area contributed by atoms with Crippen molar-refractivity contribution in [2.45, 2.75) is 9.79 Å². The largest absolute Gasteiger partial charge is 0.280 e. The fourth-order valence-corrected chi connectivity index (χ4v) is 3.21. The van der Waals surface area contributed by atoms with E-state index in [1.165, 1.54) is 30.1 Å². The number of nitrogens with zero attached hydrogens (tertiary/aromatic N) is 2. The number of aromatic nitrogens is 1. The normalized spacial score (nSPS) is 10.8. The van der Waals surface area contributed by atoms with Crippen molar-refractivity contribution in [3.05, 3.63) is 48.3 Å². The summed E-state index contributed by atoms with van der Waals surface area (Å²) >= 11 is 1.51. The lowest BCUT2D eigenvalue weighted by atomic mass is 10.3. The first-order chi connectivity index (χ1) is 9.56. The SMILES string of the molecule is CSc1cccc(NS(=O)(=O)c2cccnc2C#N)c1. The molecular weight excluding hydrogens is 294 g/mol. The number of benzene rings is 1. The summed E-state index contributed by atoms with van der Waals surface area (Å²) in [7, 11) is -3.83. The van der Waals surface area contributed by atoms with Gasteiger partial charge in [0.15, 0.2) is 5.69 Å². The Morgan fingerprint density at radius 3 is 2.80 bits per heavy atom. The predicted octanol–water partition coefficient (Wildman–Crippen LogP) is 2.48. The van der Waals surface area contributed by atoms with Gasteiger partial charge in [-0.05, 0) is 36.6 Å². The fraction of sp³-hybridized carbons (Fsp3) is 0.0769. The van der Waals surface area contributed by atoms with E-state index in [-0.39, 0.29) is 10.6 Å². The van der Waals surface area contributed by atoms with Gasteiger partial charge in [-0.25, -0.2) is 13.4 Å². The number of rotatable bonds is 4. The zero-order chi connectivity index (χ0) is 14.6. The van der Waals surface area contributed by atoms with Gasteiger partial charge >= 0.3 is 0 Å². The van der Waals surface area contributed by atoms with Crippen LogP contribution in [-0.2, 0) is 10.0 Å². The smallest absolute Gasteiger partial charge is 0.264 e. The van der Waals surface area contributed by atoms with E-state index < -0.39 is 10.0 Å². The molecule has 0 fully saturated rings. The molecule has 0 atom stereocenters. The lowest BCUT2D eigenvalue weighted by molar-refractivity contribution is 0.600. The van der Waals surface area contributed by atoms with Gasteiger partial charge in [0.1, 0.15) is 11.0 Å². The predicted molar refractivity (Wildman–Crippen MR) is 78.0 cm³/mol. The maximum absolute atomic E-state index is 12.3. The van der Waals surface area contributed by atoms with E-state index in [4.69, 9.17) is 5.26 Å². The second kappa shape index (κ2) is 5.94. The van der Waals surface area contributed by atoms with Gasteiger partial charge in [0.25, 0.3) is 10.0 Å². The number of hydrogen-bond donors (Lipinski definition) is 1. The first kappa shape index (κ1) is 14.4. The van der Waals surface area contributed by atoms with Crippen molar-refractivity contribution >= 4 is 27.5 Å². The Balaban J connectivity index is 2.39. The molecule has 0 spiro atoms. The standard InChI is InChI=1S/C13H11N3O2S2/c1-19-11-5-2-4-10(8-11)16-20(17,18)13-6-3-7-15-12(13)9-14/h2-8,16H,1H3. The second-order valence-corrected chi connectivity index (χ2v) is 6.33. The van der Waals surface area contributed by atoms with Gasteiger partial charge in [-0.1, -0.05) is 6.07 Å². The fourth-order valence-electron chi connectivity index (χ4n) is 1.59. The van der Waals surface area contributed by atoms with Crippen molar-refractivity contribution in [3.63, 3.8) is 0 Å². The second-order valence-electron chi connectivity index (χ2n) is 3.80. The van der Waals surface area contributed by atoms with Crippen molar-refractivity contribution in [2.24, 2.45) is 0 Å². The number of sulfonamides is 1. The van der Waals surface area contributed by atoms with Crippen molar-refractivity contribution < 1.29 is 8.42 Å². The molecule has 0 amide bonds. The molecule has 0 aliphatic rings. The Morgan fingerprint density at radius 2 is 2.10 bits per heavy atom. The highest BCUT2D eigenvalue weighted by atomic mass is 32.2. The van der Waals surface area contributed by atoms with E-state index in [1.807, 2.05) is 12.3 Å². The van der Waals surface area contributed by atoms with Crippen molar-refractivity contribution in [2.75, 3.05) is 11.0 Å². The van der Waals surface area contributed by atoms with Gasteiger partial charge in [0.05, 0.1) is 0 Å². The Morgan fingerprint density at radius 1 is 1.30 bits per heavy atom. The zero-order valence-electron chi connectivity index (χ0n) is 10.6. The summed E-state index contributed by atoms with van der Waals surface area (Å²) < 4.78 is 27.0. The number of nitriles is 1. The Labute approximate surface area is 121 Å². The monoisotopic (exact) mass is 305 g/mol. The quantitative estimate of drug-likeness (QED) is 0.877. The molecule has 5 nitrogen and oxygen atoms in total. The van der Waals surface area contributed by atoms with Crippen LogP contribution in [0.25, 0.3) is 0 Å². The van der Waals surface area contributed by atoms with Crippen LogP contribution in [-0.4, -0.2) is 19.7 Å². The minimum atomic E-state index is -3.83. The highest BCUT2D eigenvalue weighted by Gasteiger charge is 2.19. The summed E-state index contributed by atoms with van der Waals surface area (Å²) in [5, 5.41) is 8.92. The highest BCUT2D eigenvalue weighted by molar-refractivity contribution is 7.98. The molecule has 0 bridgehead atoms. The van der Waals surface area contributed by atoms with Gasteiger partial charge in [0.2, 0.25) is 0 Å². The van der Waals surface area contributed by atoms with E-state index in [2.05, 4.69) is 9.71 Å². The first-order valence-electron chi connectivity index (χ1n) is 5.59. The van der Waals surface area contributed by atoms with Crippen LogP contribution in [0.3, 0.4) is 0 Å². The van der Waals surface area contributed by atoms with Crippen molar-refractivity contribution in [1.82, 2.24) is 4.98 Å². The summed E-state index contributed by atoms with van der Waals surface area (Å²) in [5.41, 5.74) is 0.325. The van der Waals surface area contributed by atoms with Gasteiger partial charge in [-0.2, -0.15) is 5.26 Å². The molecule has 2 aromatic rings. The molecule has 0 radical (unpaired) electrons. The van der Waals surface area contributed by atoms with Crippen LogP contribution in [0.1, 0.15) is 5.69 Å². The van der Waals surface area contributed by atoms with E-state index in [0.29, 0.717) is 5.69 Å². The average Bonchev–Trinajstić information content (AvgIpc) is 2.47. The van der Waals surface area contributed by atoms with E-state index >= 15 is 0 Å². The van der Waals surface area contributed by atoms with Gasteiger partial charge < -0.3 is 0 Å². The van der Waals surface area contributed by atoms with Gasteiger partial charge in [0, 0.05) is 16.8 Å². The molecule has 0 aliphatic carbocycles. The molecule has 20 heavy (non-hydrogen) atoms. The van der Waals surface area contributed by atoms with Crippen LogP contribution in [0, 0.1) is 11.3 Å². The number of hydrogen-bond acceptors (Lipinski definition) is 5. The van der Waals surface area contributed by atoms with Crippen LogP contribution in [0.15, 0.2) is 52.4 Å². The molecule has 0 aliphatic heterocycles. The number of nitrogens with one attached hydrogen (secondary N) is 1. The molecule has 1 aromatic heterocycles. The summed E-state index contributed by atoms with van der Waals surface area (Å²) in [6, 6.07) is 11.6. The number of pyridine rings is 1. The summed E-state index contributed by atoms with van der Waals surface area (Å²) in [6.07, 6.45) is 3.29. The van der Waals surface area contributed by atoms with E-state index in [1.54, 1.807) is 24.3 Å². The summed E-state index contributed by atoms with van der Waals surface area (Å²) in [6.45, 7) is 0. The van der Waals surface area contributed by atoms with Crippen LogP contribution >= 0.6 is 11.8 Å². The van der Waals surface area contributed by atoms with E-state index in [9.17, 15) is 8.42 Å². The third-order valence-electron chi connectivity index (χ3n) is 2.49. The number of thioether (sulfide) groups is 1. The topological polar surface area (TPSA) is 82.8 Å². The molecule has 0 unspecified atom stereocenters. The Hall–Kier alpha value is -2.04. The van der Waals surface area contributed by atoms with Crippen LogP contribution in [0.2, 0.25) is 0 Å². The van der Waals surface area contributed by atoms with Crippen molar-refractivity contribution in [1.29, 1.82) is 5.26 Å². The Bertz CT molecular complexity index is 767. The molecule has 0 saturated carbocycles. The Kier molecular flexibility index (Phi) is 4.27. The third-order valence-corrected chi connectivity index (χ3v) is 4.63. The van der Waals surface area contributed by atoms with Crippen LogP contribution in [0.5, 0.6) is 0 Å². The van der Waals surface area contributed by atoms with Crippen molar-refractivity contribution in [3.8, 4) is 6.07 Å². The molecule has 7 heteroatoms. The molecule has 2 rings (SSSR count). The third kappa shape index (κ3) is 3.10. The lowest BCUT2D eigenvalue weighted by Gasteiger charge is -2.09. The minimum Gasteiger partial charge on any atom is -0.280 e. The molecule has 102 valence electrons. The number of anilines is 1. The van der Waals surface area contributed by atoms with E-state index in [0.717, 1.165) is 4.90 Å². The molecule has 1 aromatic carbocycles. The highest BCUT2D eigenvalue weighted by Crippen LogP contribution is 2.22. The van der Waals surface area contributed by atoms with Gasteiger partial charge in [-0.3, -0.25) is 4.72 Å². The average molecular weight is 305 g/mol. The summed E-state index contributed by atoms with van der Waals surface area (Å²) in [4.78, 5) is 4.57. The molecule has 1 heterocycles. The molecule has 1 N–H and O–H groups in total. The molecular formula is C13H11N3O2S2. The summed E-state index contributed by atoms with van der Waals surface area (Å²) in [5.74, 6) is 0. The first-order valence-corrected chi connectivity index (χ1v) is 8.29. The van der Waals surface area contributed by atoms with Crippen LogP contribution < -0.4 is 4.72 Å². The lowest BCUT2D eigenvalue weighted by Crippen LogP contribution is -2.15. The van der Waals surface area contributed by atoms with Gasteiger partial charge in [-0.15, -0.1) is 11.8 Å². The maximum Gasteiger partial charge on any atom is 0.264 e. The zero-order valence-corrected chi connectivity index (χ0v) is 12.2.